The second-order valence-electron chi connectivity index (χ2n) is 9.06. The van der Waals surface area contributed by atoms with Gasteiger partial charge in [0.2, 0.25) is 0 Å². The Morgan fingerprint density at radius 2 is 1.76 bits per heavy atom. The Morgan fingerprint density at radius 1 is 1.03 bits per heavy atom. The number of fused-ring (bicyclic) bond motifs is 1. The van der Waals surface area contributed by atoms with Gasteiger partial charge in [0.15, 0.2) is 0 Å². The van der Waals surface area contributed by atoms with Crippen LogP contribution in [-0.4, -0.2) is 6.10 Å². The van der Waals surface area contributed by atoms with E-state index in [1.165, 1.54) is 17.7 Å². The van der Waals surface area contributed by atoms with Crippen molar-refractivity contribution in [3.8, 4) is 5.75 Å². The molecule has 0 saturated heterocycles. The molecule has 1 aliphatic carbocycles. The summed E-state index contributed by atoms with van der Waals surface area (Å²) < 4.78 is 20.1. The first-order valence-corrected chi connectivity index (χ1v) is 11.9. The molecule has 1 aliphatic heterocycles. The van der Waals surface area contributed by atoms with Crippen LogP contribution in [0.4, 0.5) is 4.39 Å². The van der Waals surface area contributed by atoms with Crippen LogP contribution in [0.2, 0.25) is 5.02 Å². The van der Waals surface area contributed by atoms with E-state index in [4.69, 9.17) is 22.1 Å². The monoisotopic (exact) mass is 462 g/mol. The number of benzene rings is 3. The maximum Gasteiger partial charge on any atom is 0.138 e. The highest BCUT2D eigenvalue weighted by molar-refractivity contribution is 6.32. The van der Waals surface area contributed by atoms with Crippen molar-refractivity contribution in [1.29, 1.82) is 0 Å². The number of hydrogen-bond acceptors (Lipinski definition) is 3. The van der Waals surface area contributed by atoms with Gasteiger partial charge < -0.3 is 15.8 Å². The molecule has 3 nitrogen and oxygen atoms in total. The molecule has 1 heterocycles. The van der Waals surface area contributed by atoms with E-state index in [1.807, 2.05) is 54.7 Å². The number of nitrogens with two attached hydrogens (primary N) is 1. The molecule has 0 amide bonds. The summed E-state index contributed by atoms with van der Waals surface area (Å²) in [4.78, 5) is 0. The molecule has 2 aliphatic rings. The van der Waals surface area contributed by atoms with Crippen LogP contribution in [0.1, 0.15) is 54.0 Å². The van der Waals surface area contributed by atoms with Gasteiger partial charge in [-0.2, -0.15) is 0 Å². The maximum absolute atomic E-state index is 13.7. The molecule has 3 aromatic carbocycles. The predicted molar refractivity (Wildman–Crippen MR) is 132 cm³/mol. The molecule has 1 atom stereocenters. The van der Waals surface area contributed by atoms with Crippen LogP contribution < -0.4 is 15.8 Å². The molecule has 170 valence electrons. The van der Waals surface area contributed by atoms with E-state index in [-0.39, 0.29) is 23.4 Å². The lowest BCUT2D eigenvalue weighted by Crippen LogP contribution is -2.44. The minimum Gasteiger partial charge on any atom is -0.489 e. The van der Waals surface area contributed by atoms with Gasteiger partial charge in [0.05, 0.1) is 11.1 Å². The molecule has 0 spiro atoms. The normalized spacial score (nSPS) is 22.8. The zero-order valence-electron chi connectivity index (χ0n) is 18.4. The third-order valence-corrected chi connectivity index (χ3v) is 7.45. The van der Waals surface area contributed by atoms with E-state index < -0.39 is 0 Å². The van der Waals surface area contributed by atoms with E-state index in [0.29, 0.717) is 5.02 Å². The lowest BCUT2D eigenvalue weighted by molar-refractivity contribution is 0.104. The number of hydrogen-bond donors (Lipinski definition) is 2. The zero-order chi connectivity index (χ0) is 22.8. The van der Waals surface area contributed by atoms with E-state index in [0.717, 1.165) is 54.7 Å². The summed E-state index contributed by atoms with van der Waals surface area (Å²) >= 11 is 6.55. The smallest absolute Gasteiger partial charge is 0.138 e. The summed E-state index contributed by atoms with van der Waals surface area (Å²) in [5.41, 5.74) is 11.1. The molecule has 1 saturated carbocycles. The Bertz CT molecular complexity index is 1140. The molecule has 0 bridgehead atoms. The summed E-state index contributed by atoms with van der Waals surface area (Å²) in [6, 6.07) is 20.9. The fourth-order valence-electron chi connectivity index (χ4n) is 5.27. The Labute approximate surface area is 199 Å². The van der Waals surface area contributed by atoms with Gasteiger partial charge in [-0.25, -0.2) is 4.39 Å². The number of ether oxygens (including phenoxy) is 1. The number of halogens is 2. The topological polar surface area (TPSA) is 47.3 Å². The molecule has 5 rings (SSSR count). The van der Waals surface area contributed by atoms with Crippen molar-refractivity contribution in [2.24, 2.45) is 5.73 Å². The molecule has 0 aromatic heterocycles. The van der Waals surface area contributed by atoms with Gasteiger partial charge in [-0.3, -0.25) is 0 Å². The summed E-state index contributed by atoms with van der Waals surface area (Å²) in [6.45, 7) is 0.771. The number of rotatable bonds is 5. The number of nitrogens with one attached hydrogen (secondary N) is 1. The fourth-order valence-corrected chi connectivity index (χ4v) is 5.50. The van der Waals surface area contributed by atoms with Crippen LogP contribution in [0.25, 0.3) is 6.08 Å². The summed E-state index contributed by atoms with van der Waals surface area (Å²) in [5.74, 6) is 0.499. The van der Waals surface area contributed by atoms with Gasteiger partial charge in [-0.1, -0.05) is 54.1 Å². The fraction of sp³-hybridized carbons (Fsp3) is 0.286. The second-order valence-corrected chi connectivity index (χ2v) is 9.47. The van der Waals surface area contributed by atoms with Crippen LogP contribution >= 0.6 is 11.6 Å². The van der Waals surface area contributed by atoms with Crippen LogP contribution in [0.3, 0.4) is 0 Å². The molecule has 0 radical (unpaired) electrons. The van der Waals surface area contributed by atoms with Gasteiger partial charge >= 0.3 is 0 Å². The van der Waals surface area contributed by atoms with Crippen LogP contribution in [0.5, 0.6) is 5.75 Å². The summed E-state index contributed by atoms with van der Waals surface area (Å²) in [5, 5.41) is 3.85. The van der Waals surface area contributed by atoms with Gasteiger partial charge in [0.1, 0.15) is 11.6 Å². The van der Waals surface area contributed by atoms with Gasteiger partial charge in [-0.05, 0) is 84.5 Å². The Hall–Kier alpha value is -2.82. The molecular formula is C28H28ClFN2O. The molecule has 1 fully saturated rings. The molecular weight excluding hydrogens is 435 g/mol. The average Bonchev–Trinajstić information content (AvgIpc) is 2.86. The van der Waals surface area contributed by atoms with Crippen LogP contribution in [0, 0.1) is 5.82 Å². The standard InChI is InChI=1S/C28H28ClFN2O/c29-25-16-21-18-32-15-12-20(21)17-26(25)33-24-10-13-28(14-11-24,22-6-8-23(30)9-7-22)27(31)19-4-2-1-3-5-19/h1-9,12,15-17,24,27,32H,10-11,13-14,18,31H2. The largest absolute Gasteiger partial charge is 0.489 e. The maximum atomic E-state index is 13.7. The van der Waals surface area contributed by atoms with Crippen molar-refractivity contribution in [1.82, 2.24) is 5.32 Å². The lowest BCUT2D eigenvalue weighted by atomic mass is 9.63. The molecule has 5 heteroatoms. The minimum absolute atomic E-state index is 0.0581. The van der Waals surface area contributed by atoms with E-state index in [2.05, 4.69) is 17.4 Å². The summed E-state index contributed by atoms with van der Waals surface area (Å²) in [7, 11) is 0. The SMILES string of the molecule is NC(c1ccccc1)C1(c2ccc(F)cc2)CCC(Oc2cc3c(cc2Cl)CNC=C3)CC1. The first-order chi connectivity index (χ1) is 16.0. The quantitative estimate of drug-likeness (QED) is 0.454. The lowest BCUT2D eigenvalue weighted by Gasteiger charge is -2.45. The molecule has 3 aromatic rings. The van der Waals surface area contributed by atoms with E-state index in [1.54, 1.807) is 0 Å². The molecule has 1 unspecified atom stereocenters. The predicted octanol–water partition coefficient (Wildman–Crippen LogP) is 6.51. The van der Waals surface area contributed by atoms with Crippen LogP contribution in [-0.2, 0) is 12.0 Å². The van der Waals surface area contributed by atoms with Gasteiger partial charge in [-0.15, -0.1) is 0 Å². The van der Waals surface area contributed by atoms with Crippen molar-refractivity contribution in [2.75, 3.05) is 0 Å². The van der Waals surface area contributed by atoms with E-state index in [9.17, 15) is 4.39 Å². The zero-order valence-corrected chi connectivity index (χ0v) is 19.2. The van der Waals surface area contributed by atoms with Crippen molar-refractivity contribution < 1.29 is 9.13 Å². The third-order valence-electron chi connectivity index (χ3n) is 7.16. The van der Waals surface area contributed by atoms with Crippen molar-refractivity contribution >= 4 is 17.7 Å². The highest BCUT2D eigenvalue weighted by Gasteiger charge is 2.43. The Kier molecular flexibility index (Phi) is 6.13. The first kappa shape index (κ1) is 22.0. The highest BCUT2D eigenvalue weighted by atomic mass is 35.5. The molecule has 33 heavy (non-hydrogen) atoms. The first-order valence-electron chi connectivity index (χ1n) is 11.5. The summed E-state index contributed by atoms with van der Waals surface area (Å²) in [6.07, 6.45) is 7.45. The molecule has 3 N–H and O–H groups in total. The van der Waals surface area contributed by atoms with Crippen LogP contribution in [0.15, 0.2) is 72.9 Å². The van der Waals surface area contributed by atoms with Crippen molar-refractivity contribution in [2.45, 2.75) is 49.8 Å². The van der Waals surface area contributed by atoms with Crippen molar-refractivity contribution in [3.05, 3.63) is 106 Å². The van der Waals surface area contributed by atoms with Gasteiger partial charge in [0, 0.05) is 18.0 Å². The minimum atomic E-state index is -0.275. The van der Waals surface area contributed by atoms with Gasteiger partial charge in [0.25, 0.3) is 0 Å². The highest BCUT2D eigenvalue weighted by Crippen LogP contribution is 2.48. The Morgan fingerprint density at radius 3 is 2.48 bits per heavy atom. The second kappa shape index (κ2) is 9.20. The average molecular weight is 463 g/mol. The van der Waals surface area contributed by atoms with Crippen molar-refractivity contribution in [3.63, 3.8) is 0 Å². The Balaban J connectivity index is 1.38. The van der Waals surface area contributed by atoms with E-state index >= 15 is 0 Å². The third kappa shape index (κ3) is 4.38.